The van der Waals surface area contributed by atoms with Crippen LogP contribution < -0.4 is 0 Å². The smallest absolute Gasteiger partial charge is 0.161 e. The Morgan fingerprint density at radius 2 is 1.93 bits per heavy atom. The number of fused-ring (bicyclic) bond motifs is 4. The fourth-order valence-electron chi connectivity index (χ4n) is 7.16. The topological polar surface area (TPSA) is 39.4 Å². The van der Waals surface area contributed by atoms with Gasteiger partial charge in [0.05, 0.1) is 24.7 Å². The second kappa shape index (κ2) is 5.47. The zero-order valence-electron chi connectivity index (χ0n) is 17.0. The summed E-state index contributed by atoms with van der Waals surface area (Å²) in [5.74, 6) is 1.74. The van der Waals surface area contributed by atoms with Gasteiger partial charge >= 0.3 is 0 Å². The lowest BCUT2D eigenvalue weighted by molar-refractivity contribution is -0.153. The number of ether oxygens (including phenoxy) is 1. The lowest BCUT2D eigenvalue weighted by Gasteiger charge is -2.57. The Bertz CT molecular complexity index is 847. The average molecular weight is 367 g/mol. The highest BCUT2D eigenvalue weighted by molar-refractivity contribution is 5.96. The second-order valence-corrected chi connectivity index (χ2v) is 9.77. The van der Waals surface area contributed by atoms with Gasteiger partial charge in [0.25, 0.3) is 0 Å². The summed E-state index contributed by atoms with van der Waals surface area (Å²) in [7, 11) is 0. The monoisotopic (exact) mass is 366 g/mol. The maximum atomic E-state index is 13.1. The van der Waals surface area contributed by atoms with Crippen LogP contribution in [0.2, 0.25) is 0 Å². The van der Waals surface area contributed by atoms with E-state index < -0.39 is 0 Å². The summed E-state index contributed by atoms with van der Waals surface area (Å²) >= 11 is 0. The lowest BCUT2D eigenvalue weighted by atomic mass is 9.45. The number of rotatable bonds is 1. The molecule has 0 amide bonds. The molecule has 1 aromatic rings. The van der Waals surface area contributed by atoms with Crippen LogP contribution >= 0.6 is 0 Å². The number of furan rings is 1. The van der Waals surface area contributed by atoms with Gasteiger partial charge in [-0.25, -0.2) is 0 Å². The van der Waals surface area contributed by atoms with Crippen LogP contribution in [-0.2, 0) is 9.53 Å². The Kier molecular flexibility index (Phi) is 3.54. The molecule has 3 heteroatoms. The third-order valence-corrected chi connectivity index (χ3v) is 9.00. The number of hydrogen-bond donors (Lipinski definition) is 0. The van der Waals surface area contributed by atoms with Gasteiger partial charge in [0.1, 0.15) is 0 Å². The maximum absolute atomic E-state index is 13.1. The predicted molar refractivity (Wildman–Crippen MR) is 104 cm³/mol. The van der Waals surface area contributed by atoms with Gasteiger partial charge in [-0.05, 0) is 60.8 Å². The van der Waals surface area contributed by atoms with Crippen molar-refractivity contribution in [3.05, 3.63) is 47.5 Å². The third-order valence-electron chi connectivity index (χ3n) is 9.00. The van der Waals surface area contributed by atoms with Crippen LogP contribution in [0.1, 0.15) is 58.9 Å². The van der Waals surface area contributed by atoms with Gasteiger partial charge in [-0.3, -0.25) is 4.79 Å². The van der Waals surface area contributed by atoms with E-state index in [0.717, 1.165) is 12.8 Å². The summed E-state index contributed by atoms with van der Waals surface area (Å²) in [6.45, 7) is 11.4. The molecule has 2 heterocycles. The van der Waals surface area contributed by atoms with Crippen LogP contribution in [0, 0.1) is 28.6 Å². The molecule has 1 saturated heterocycles. The van der Waals surface area contributed by atoms with Crippen molar-refractivity contribution in [2.24, 2.45) is 28.6 Å². The van der Waals surface area contributed by atoms with Crippen molar-refractivity contribution in [1.82, 2.24) is 0 Å². The minimum Gasteiger partial charge on any atom is -0.472 e. The molecule has 2 fully saturated rings. The first-order chi connectivity index (χ1) is 12.8. The van der Waals surface area contributed by atoms with Crippen LogP contribution in [0.5, 0.6) is 0 Å². The molecule has 0 bridgehead atoms. The summed E-state index contributed by atoms with van der Waals surface area (Å²) in [6.07, 6.45) is 9.97. The van der Waals surface area contributed by atoms with Crippen molar-refractivity contribution in [1.29, 1.82) is 0 Å². The molecule has 144 valence electrons. The SMILES string of the molecule is CC1=C2C(CC1c1ccoc1)OC1CC3C(C)C=CC(=O)C3(C)C(C)C21C. The van der Waals surface area contributed by atoms with Gasteiger partial charge in [0.15, 0.2) is 5.78 Å². The van der Waals surface area contributed by atoms with E-state index in [-0.39, 0.29) is 29.0 Å². The predicted octanol–water partition coefficient (Wildman–Crippen LogP) is 5.29. The van der Waals surface area contributed by atoms with Crippen molar-refractivity contribution in [3.8, 4) is 0 Å². The minimum atomic E-state index is -0.307. The van der Waals surface area contributed by atoms with Crippen molar-refractivity contribution < 1.29 is 13.9 Å². The molecule has 0 radical (unpaired) electrons. The molecule has 27 heavy (non-hydrogen) atoms. The largest absolute Gasteiger partial charge is 0.472 e. The zero-order valence-corrected chi connectivity index (χ0v) is 17.0. The summed E-state index contributed by atoms with van der Waals surface area (Å²) in [6, 6.07) is 2.08. The van der Waals surface area contributed by atoms with E-state index in [9.17, 15) is 4.79 Å². The normalized spacial score (nSPS) is 48.6. The summed E-state index contributed by atoms with van der Waals surface area (Å²) < 4.78 is 12.1. The zero-order chi connectivity index (χ0) is 19.1. The molecular formula is C24H30O3. The first-order valence-electron chi connectivity index (χ1n) is 10.4. The summed E-state index contributed by atoms with van der Waals surface area (Å²) in [5.41, 5.74) is 3.78. The molecular weight excluding hydrogens is 336 g/mol. The second-order valence-electron chi connectivity index (χ2n) is 9.77. The molecule has 3 aliphatic carbocycles. The quantitative estimate of drug-likeness (QED) is 0.634. The van der Waals surface area contributed by atoms with E-state index in [1.165, 1.54) is 16.7 Å². The molecule has 8 unspecified atom stereocenters. The van der Waals surface area contributed by atoms with E-state index in [0.29, 0.717) is 23.5 Å². The number of carbonyl (C=O) groups is 1. The molecule has 5 rings (SSSR count). The maximum Gasteiger partial charge on any atom is 0.161 e. The molecule has 1 aromatic heterocycles. The fourth-order valence-corrected chi connectivity index (χ4v) is 7.16. The van der Waals surface area contributed by atoms with Gasteiger partial charge in [-0.15, -0.1) is 0 Å². The molecule has 8 atom stereocenters. The van der Waals surface area contributed by atoms with Gasteiger partial charge in [0, 0.05) is 16.7 Å². The van der Waals surface area contributed by atoms with Crippen LogP contribution in [0.25, 0.3) is 0 Å². The Labute approximate surface area is 161 Å². The van der Waals surface area contributed by atoms with Crippen molar-refractivity contribution in [3.63, 3.8) is 0 Å². The van der Waals surface area contributed by atoms with E-state index >= 15 is 0 Å². The highest BCUT2D eigenvalue weighted by atomic mass is 16.5. The number of ketones is 1. The lowest BCUT2D eigenvalue weighted by Crippen LogP contribution is -2.58. The Morgan fingerprint density at radius 3 is 2.63 bits per heavy atom. The van der Waals surface area contributed by atoms with E-state index in [1.54, 1.807) is 6.26 Å². The van der Waals surface area contributed by atoms with E-state index in [4.69, 9.17) is 9.15 Å². The first-order valence-corrected chi connectivity index (χ1v) is 10.4. The fraction of sp³-hybridized carbons (Fsp3) is 0.625. The number of allylic oxidation sites excluding steroid dienone is 3. The van der Waals surface area contributed by atoms with Crippen LogP contribution in [-0.4, -0.2) is 18.0 Å². The van der Waals surface area contributed by atoms with Crippen LogP contribution in [0.15, 0.2) is 46.3 Å². The molecule has 0 aromatic carbocycles. The van der Waals surface area contributed by atoms with Crippen molar-refractivity contribution in [2.75, 3.05) is 0 Å². The molecule has 1 aliphatic heterocycles. The number of carbonyl (C=O) groups excluding carboxylic acids is 1. The Morgan fingerprint density at radius 1 is 1.15 bits per heavy atom. The van der Waals surface area contributed by atoms with Crippen LogP contribution in [0.3, 0.4) is 0 Å². The van der Waals surface area contributed by atoms with Crippen molar-refractivity contribution >= 4 is 5.78 Å². The van der Waals surface area contributed by atoms with Gasteiger partial charge in [-0.1, -0.05) is 39.3 Å². The highest BCUT2D eigenvalue weighted by Crippen LogP contribution is 2.67. The molecule has 0 spiro atoms. The first kappa shape index (κ1) is 17.5. The third kappa shape index (κ3) is 1.99. The van der Waals surface area contributed by atoms with E-state index in [1.807, 2.05) is 12.3 Å². The Hall–Kier alpha value is -1.61. The Balaban J connectivity index is 1.62. The standard InChI is InChI=1S/C24H30O3/c1-13-6-7-20(25)23(4)15(3)24(5)21(11-18(13)23)27-19-10-17(14(2)22(19)24)16-8-9-26-12-16/h6-9,12-13,15,17-19,21H,10-11H2,1-5H3. The minimum absolute atomic E-state index is 0.0704. The molecule has 1 saturated carbocycles. The summed E-state index contributed by atoms with van der Waals surface area (Å²) in [5, 5.41) is 0. The molecule has 3 nitrogen and oxygen atoms in total. The molecule has 0 N–H and O–H groups in total. The highest BCUT2D eigenvalue weighted by Gasteiger charge is 2.66. The molecule has 4 aliphatic rings. The van der Waals surface area contributed by atoms with Gasteiger partial charge in [0.2, 0.25) is 0 Å². The average Bonchev–Trinajstić information content (AvgIpc) is 3.32. The van der Waals surface area contributed by atoms with Crippen LogP contribution in [0.4, 0.5) is 0 Å². The van der Waals surface area contributed by atoms with Gasteiger partial charge in [-0.2, -0.15) is 0 Å². The number of hydrogen-bond acceptors (Lipinski definition) is 3. The summed E-state index contributed by atoms with van der Waals surface area (Å²) in [4.78, 5) is 13.1. The van der Waals surface area contributed by atoms with Crippen molar-refractivity contribution in [2.45, 2.75) is 65.6 Å². The van der Waals surface area contributed by atoms with E-state index in [2.05, 4.69) is 46.8 Å². The van der Waals surface area contributed by atoms with Gasteiger partial charge < -0.3 is 9.15 Å².